The number of nitrogens with one attached hydrogen (secondary N) is 1. The number of carbonyl (C=O) groups excluding carboxylic acids is 1. The van der Waals surface area contributed by atoms with Crippen LogP contribution in [0.15, 0.2) is 30.3 Å². The Balaban J connectivity index is 0.00000210. The van der Waals surface area contributed by atoms with Gasteiger partial charge in [0.2, 0.25) is 0 Å². The van der Waals surface area contributed by atoms with Gasteiger partial charge in [-0.05, 0) is 25.7 Å². The normalized spacial score (nSPS) is 23.2. The molecule has 0 radical (unpaired) electrons. The van der Waals surface area contributed by atoms with Crippen molar-refractivity contribution < 1.29 is 9.53 Å². The lowest BCUT2D eigenvalue weighted by molar-refractivity contribution is -0.143. The maximum atomic E-state index is 12.6. The Kier molecular flexibility index (Phi) is 6.46. The summed E-state index contributed by atoms with van der Waals surface area (Å²) in [5.74, 6) is 2.06. The molecule has 146 valence electrons. The Labute approximate surface area is 165 Å². The number of piperidine rings is 1. The van der Waals surface area contributed by atoms with Crippen LogP contribution in [0.5, 0.6) is 0 Å². The van der Waals surface area contributed by atoms with Crippen LogP contribution in [0.25, 0.3) is 11.4 Å². The molecule has 27 heavy (non-hydrogen) atoms. The summed E-state index contributed by atoms with van der Waals surface area (Å²) >= 11 is 0. The van der Waals surface area contributed by atoms with E-state index in [1.165, 1.54) is 0 Å². The first-order chi connectivity index (χ1) is 12.7. The van der Waals surface area contributed by atoms with Gasteiger partial charge >= 0.3 is 0 Å². The van der Waals surface area contributed by atoms with Crippen LogP contribution < -0.4 is 5.73 Å². The molecule has 2 aromatic rings. The standard InChI is InChI=1S/C19H25N5O2.ClH/c20-12-15-6-7-16(26-15)19(25)24-10-8-14(9-11-24)18-21-17(22-23-18)13-4-2-1-3-5-13;/h1-5,14-16H,6-12,20H2,(H,21,22,23);1H/t15-,16+;/m1./s1. The van der Waals surface area contributed by atoms with Crippen molar-refractivity contribution in [1.82, 2.24) is 20.1 Å². The maximum absolute atomic E-state index is 12.6. The summed E-state index contributed by atoms with van der Waals surface area (Å²) in [7, 11) is 0. The minimum Gasteiger partial charge on any atom is -0.364 e. The Morgan fingerprint density at radius 1 is 1.19 bits per heavy atom. The lowest BCUT2D eigenvalue weighted by atomic mass is 9.95. The monoisotopic (exact) mass is 391 g/mol. The van der Waals surface area contributed by atoms with Gasteiger partial charge in [0.25, 0.3) is 5.91 Å². The average molecular weight is 392 g/mol. The molecule has 2 fully saturated rings. The first-order valence-corrected chi connectivity index (χ1v) is 9.36. The number of aromatic amines is 1. The highest BCUT2D eigenvalue weighted by atomic mass is 35.5. The Hall–Kier alpha value is -1.96. The molecule has 2 saturated heterocycles. The lowest BCUT2D eigenvalue weighted by Gasteiger charge is -2.32. The van der Waals surface area contributed by atoms with Gasteiger partial charge in [0.05, 0.1) is 6.10 Å². The van der Waals surface area contributed by atoms with E-state index in [0.29, 0.717) is 12.5 Å². The van der Waals surface area contributed by atoms with Crippen LogP contribution in [0.4, 0.5) is 0 Å². The quantitative estimate of drug-likeness (QED) is 0.831. The Bertz CT molecular complexity index is 746. The molecule has 3 N–H and O–H groups in total. The maximum Gasteiger partial charge on any atom is 0.251 e. The molecule has 4 rings (SSSR count). The van der Waals surface area contributed by atoms with Gasteiger partial charge in [0.1, 0.15) is 11.9 Å². The van der Waals surface area contributed by atoms with E-state index >= 15 is 0 Å². The molecular weight excluding hydrogens is 366 g/mol. The smallest absolute Gasteiger partial charge is 0.251 e. The summed E-state index contributed by atoms with van der Waals surface area (Å²) < 4.78 is 5.74. The second kappa shape index (κ2) is 8.82. The number of hydrogen-bond acceptors (Lipinski definition) is 5. The van der Waals surface area contributed by atoms with Crippen LogP contribution in [0.3, 0.4) is 0 Å². The molecule has 2 aliphatic heterocycles. The summed E-state index contributed by atoms with van der Waals surface area (Å²) in [5.41, 5.74) is 6.64. The molecule has 0 spiro atoms. The fraction of sp³-hybridized carbons (Fsp3) is 0.526. The van der Waals surface area contributed by atoms with E-state index in [-0.39, 0.29) is 30.5 Å². The van der Waals surface area contributed by atoms with Gasteiger partial charge in [0.15, 0.2) is 5.82 Å². The largest absolute Gasteiger partial charge is 0.364 e. The molecule has 2 aliphatic rings. The van der Waals surface area contributed by atoms with E-state index < -0.39 is 0 Å². The van der Waals surface area contributed by atoms with E-state index in [4.69, 9.17) is 10.5 Å². The molecular formula is C19H26ClN5O2. The number of halogens is 1. The minimum atomic E-state index is -0.310. The van der Waals surface area contributed by atoms with Crippen molar-refractivity contribution in [1.29, 1.82) is 0 Å². The van der Waals surface area contributed by atoms with Crippen LogP contribution in [-0.4, -0.2) is 57.8 Å². The van der Waals surface area contributed by atoms with Crippen molar-refractivity contribution in [3.63, 3.8) is 0 Å². The fourth-order valence-electron chi connectivity index (χ4n) is 3.81. The van der Waals surface area contributed by atoms with Gasteiger partial charge in [-0.25, -0.2) is 4.98 Å². The molecule has 1 amide bonds. The molecule has 2 atom stereocenters. The van der Waals surface area contributed by atoms with E-state index in [1.54, 1.807) is 0 Å². The summed E-state index contributed by atoms with van der Waals surface area (Å²) in [5, 5.41) is 7.43. The summed E-state index contributed by atoms with van der Waals surface area (Å²) in [4.78, 5) is 19.2. The zero-order chi connectivity index (χ0) is 17.9. The summed E-state index contributed by atoms with van der Waals surface area (Å²) in [6, 6.07) is 9.95. The minimum absolute atomic E-state index is 0. The molecule has 1 aromatic carbocycles. The highest BCUT2D eigenvalue weighted by Crippen LogP contribution is 2.29. The van der Waals surface area contributed by atoms with Crippen LogP contribution in [0.2, 0.25) is 0 Å². The predicted molar refractivity (Wildman–Crippen MR) is 105 cm³/mol. The van der Waals surface area contributed by atoms with Crippen molar-refractivity contribution in [2.45, 2.75) is 43.8 Å². The average Bonchev–Trinajstić information content (AvgIpc) is 3.38. The third kappa shape index (κ3) is 4.31. The van der Waals surface area contributed by atoms with Gasteiger partial charge in [-0.2, -0.15) is 5.10 Å². The van der Waals surface area contributed by atoms with Crippen LogP contribution in [0, 0.1) is 0 Å². The second-order valence-electron chi connectivity index (χ2n) is 7.07. The van der Waals surface area contributed by atoms with Crippen LogP contribution >= 0.6 is 12.4 Å². The number of ether oxygens (including phenoxy) is 1. The highest BCUT2D eigenvalue weighted by molar-refractivity contribution is 5.85. The van der Waals surface area contributed by atoms with Gasteiger partial charge in [-0.1, -0.05) is 30.3 Å². The van der Waals surface area contributed by atoms with Gasteiger partial charge in [0, 0.05) is 31.1 Å². The van der Waals surface area contributed by atoms with Crippen molar-refractivity contribution in [3.8, 4) is 11.4 Å². The van der Waals surface area contributed by atoms with Gasteiger partial charge < -0.3 is 15.4 Å². The van der Waals surface area contributed by atoms with E-state index in [1.807, 2.05) is 35.2 Å². The third-order valence-electron chi connectivity index (χ3n) is 5.37. The summed E-state index contributed by atoms with van der Waals surface area (Å²) in [6.45, 7) is 1.96. The molecule has 1 aromatic heterocycles. The lowest BCUT2D eigenvalue weighted by Crippen LogP contribution is -2.43. The number of likely N-dealkylation sites (tertiary alicyclic amines) is 1. The number of H-pyrrole nitrogens is 1. The van der Waals surface area contributed by atoms with Crippen molar-refractivity contribution in [3.05, 3.63) is 36.2 Å². The van der Waals surface area contributed by atoms with Crippen LogP contribution in [0.1, 0.15) is 37.4 Å². The molecule has 0 aliphatic carbocycles. The predicted octanol–water partition coefficient (Wildman–Crippen LogP) is 2.11. The zero-order valence-corrected chi connectivity index (χ0v) is 16.0. The first kappa shape index (κ1) is 19.8. The molecule has 0 unspecified atom stereocenters. The fourth-order valence-corrected chi connectivity index (χ4v) is 3.81. The van der Waals surface area contributed by atoms with Gasteiger partial charge in [-0.15, -0.1) is 12.4 Å². The van der Waals surface area contributed by atoms with Crippen molar-refractivity contribution in [2.75, 3.05) is 19.6 Å². The third-order valence-corrected chi connectivity index (χ3v) is 5.37. The second-order valence-corrected chi connectivity index (χ2v) is 7.07. The first-order valence-electron chi connectivity index (χ1n) is 9.36. The number of rotatable bonds is 4. The number of nitrogens with zero attached hydrogens (tertiary/aromatic N) is 3. The van der Waals surface area contributed by atoms with Crippen molar-refractivity contribution >= 4 is 18.3 Å². The molecule has 3 heterocycles. The highest BCUT2D eigenvalue weighted by Gasteiger charge is 2.35. The number of amides is 1. The van der Waals surface area contributed by atoms with Gasteiger partial charge in [-0.3, -0.25) is 9.89 Å². The number of benzene rings is 1. The van der Waals surface area contributed by atoms with Crippen LogP contribution in [-0.2, 0) is 9.53 Å². The Morgan fingerprint density at radius 2 is 1.93 bits per heavy atom. The van der Waals surface area contributed by atoms with Crippen molar-refractivity contribution in [2.24, 2.45) is 5.73 Å². The number of aromatic nitrogens is 3. The number of carbonyl (C=O) groups is 1. The van der Waals surface area contributed by atoms with E-state index in [0.717, 1.165) is 56.0 Å². The summed E-state index contributed by atoms with van der Waals surface area (Å²) in [6.07, 6.45) is 3.17. The zero-order valence-electron chi connectivity index (χ0n) is 15.2. The molecule has 7 nitrogen and oxygen atoms in total. The van der Waals surface area contributed by atoms with E-state index in [2.05, 4.69) is 15.2 Å². The number of nitrogens with two attached hydrogens (primary N) is 1. The molecule has 8 heteroatoms. The topological polar surface area (TPSA) is 97.1 Å². The SMILES string of the molecule is Cl.NC[C@H]1CC[C@@H](C(=O)N2CCC(c3nc(-c4ccccc4)n[nH]3)CC2)O1. The molecule has 0 saturated carbocycles. The number of hydrogen-bond donors (Lipinski definition) is 2. The van der Waals surface area contributed by atoms with E-state index in [9.17, 15) is 4.79 Å². The Morgan fingerprint density at radius 3 is 2.59 bits per heavy atom. The molecule has 0 bridgehead atoms.